The van der Waals surface area contributed by atoms with E-state index in [9.17, 15) is 22.0 Å². The van der Waals surface area contributed by atoms with Gasteiger partial charge in [-0.05, 0) is 18.2 Å². The van der Waals surface area contributed by atoms with E-state index in [2.05, 4.69) is 0 Å². The predicted molar refractivity (Wildman–Crippen MR) is 56.7 cm³/mol. The Hall–Kier alpha value is -1.21. The van der Waals surface area contributed by atoms with Gasteiger partial charge in [0.25, 0.3) is 0 Å². The fourth-order valence-corrected chi connectivity index (χ4v) is 1.56. The van der Waals surface area contributed by atoms with E-state index in [1.807, 2.05) is 0 Å². The van der Waals surface area contributed by atoms with Crippen LogP contribution in [0.2, 0.25) is 0 Å². The van der Waals surface area contributed by atoms with Crippen LogP contribution in [-0.2, 0) is 6.54 Å². The molecule has 1 rings (SSSR count). The molecular weight excluding hydrogens is 255 g/mol. The first kappa shape index (κ1) is 14.8. The molecule has 102 valence electrons. The lowest BCUT2D eigenvalue weighted by molar-refractivity contribution is -0.146. The van der Waals surface area contributed by atoms with Crippen LogP contribution in [0.25, 0.3) is 0 Å². The van der Waals surface area contributed by atoms with E-state index < -0.39 is 24.4 Å². The quantitative estimate of drug-likeness (QED) is 0.830. The Morgan fingerprint density at radius 3 is 2.39 bits per heavy atom. The summed E-state index contributed by atoms with van der Waals surface area (Å²) in [6, 6.07) is 2.68. The first-order chi connectivity index (χ1) is 8.31. The van der Waals surface area contributed by atoms with Gasteiger partial charge in [-0.25, -0.2) is 8.78 Å². The highest BCUT2D eigenvalue weighted by Crippen LogP contribution is 2.19. The molecule has 7 heteroatoms. The lowest BCUT2D eigenvalue weighted by Crippen LogP contribution is -2.37. The summed E-state index contributed by atoms with van der Waals surface area (Å²) in [4.78, 5) is 0.928. The average molecular weight is 268 g/mol. The summed E-state index contributed by atoms with van der Waals surface area (Å²) in [5, 5.41) is 0. The molecule has 0 amide bonds. The fourth-order valence-electron chi connectivity index (χ4n) is 1.56. The van der Waals surface area contributed by atoms with Gasteiger partial charge in [0, 0.05) is 25.2 Å². The Morgan fingerprint density at radius 2 is 1.83 bits per heavy atom. The molecule has 0 heterocycles. The molecule has 2 nitrogen and oxygen atoms in total. The van der Waals surface area contributed by atoms with E-state index in [4.69, 9.17) is 5.73 Å². The molecule has 0 unspecified atom stereocenters. The number of hydrogen-bond acceptors (Lipinski definition) is 2. The number of rotatable bonds is 5. The molecule has 0 aliphatic rings. The van der Waals surface area contributed by atoms with Crippen molar-refractivity contribution in [3.63, 3.8) is 0 Å². The van der Waals surface area contributed by atoms with Crippen molar-refractivity contribution in [3.8, 4) is 0 Å². The van der Waals surface area contributed by atoms with Crippen LogP contribution in [-0.4, -0.2) is 30.7 Å². The summed E-state index contributed by atoms with van der Waals surface area (Å²) in [7, 11) is 0. The highest BCUT2D eigenvalue weighted by Gasteiger charge is 2.30. The zero-order valence-corrected chi connectivity index (χ0v) is 9.47. The number of nitrogens with zero attached hydrogens (tertiary/aromatic N) is 1. The Morgan fingerprint density at radius 1 is 1.17 bits per heavy atom. The zero-order chi connectivity index (χ0) is 13.8. The molecule has 18 heavy (non-hydrogen) atoms. The first-order valence-electron chi connectivity index (χ1n) is 5.25. The lowest BCUT2D eigenvalue weighted by Gasteiger charge is -2.23. The molecule has 1 aromatic carbocycles. The molecule has 0 fully saturated rings. The summed E-state index contributed by atoms with van der Waals surface area (Å²) in [5.74, 6) is -1.42. The van der Waals surface area contributed by atoms with Crippen molar-refractivity contribution in [2.45, 2.75) is 12.7 Å². The van der Waals surface area contributed by atoms with Gasteiger partial charge in [0.1, 0.15) is 11.6 Å². The summed E-state index contributed by atoms with van der Waals surface area (Å²) < 4.78 is 63.0. The third-order valence-corrected chi connectivity index (χ3v) is 2.25. The third-order valence-electron chi connectivity index (χ3n) is 2.25. The molecule has 0 aromatic heterocycles. The predicted octanol–water partition coefficient (Wildman–Crippen LogP) is 2.29. The van der Waals surface area contributed by atoms with E-state index >= 15 is 0 Å². The van der Waals surface area contributed by atoms with Crippen molar-refractivity contribution in [2.75, 3.05) is 19.6 Å². The summed E-state index contributed by atoms with van der Waals surface area (Å²) in [5.41, 5.74) is 5.08. The van der Waals surface area contributed by atoms with Crippen LogP contribution in [0.4, 0.5) is 22.0 Å². The highest BCUT2D eigenvalue weighted by atomic mass is 19.4. The van der Waals surface area contributed by atoms with E-state index in [-0.39, 0.29) is 25.2 Å². The van der Waals surface area contributed by atoms with Crippen LogP contribution in [0.1, 0.15) is 5.56 Å². The molecule has 0 saturated carbocycles. The molecule has 0 spiro atoms. The van der Waals surface area contributed by atoms with Gasteiger partial charge < -0.3 is 5.73 Å². The molecule has 1 aromatic rings. The maximum Gasteiger partial charge on any atom is 0.401 e. The normalized spacial score (nSPS) is 12.2. The topological polar surface area (TPSA) is 29.3 Å². The molecule has 2 N–H and O–H groups in total. The van der Waals surface area contributed by atoms with Crippen LogP contribution >= 0.6 is 0 Å². The number of alkyl halides is 3. The smallest absolute Gasteiger partial charge is 0.329 e. The Labute approximate surface area is 101 Å². The van der Waals surface area contributed by atoms with Crippen molar-refractivity contribution < 1.29 is 22.0 Å². The van der Waals surface area contributed by atoms with Gasteiger partial charge in [0.05, 0.1) is 6.54 Å². The van der Waals surface area contributed by atoms with Gasteiger partial charge in [-0.3, -0.25) is 4.90 Å². The van der Waals surface area contributed by atoms with Crippen LogP contribution < -0.4 is 5.73 Å². The molecule has 0 atom stereocenters. The molecule has 0 aliphatic heterocycles. The van der Waals surface area contributed by atoms with Gasteiger partial charge in [-0.15, -0.1) is 0 Å². The third kappa shape index (κ3) is 4.97. The standard InChI is InChI=1S/C11H13F5N2/c12-9-1-2-10(13)8(5-9)6-18(4-3-17)7-11(14,15)16/h1-2,5H,3-4,6-7,17H2. The fraction of sp³-hybridized carbons (Fsp3) is 0.455. The zero-order valence-electron chi connectivity index (χ0n) is 9.47. The van der Waals surface area contributed by atoms with Crippen LogP contribution in [0.3, 0.4) is 0 Å². The van der Waals surface area contributed by atoms with E-state index in [1.54, 1.807) is 0 Å². The van der Waals surface area contributed by atoms with Crippen LogP contribution in [0, 0.1) is 11.6 Å². The van der Waals surface area contributed by atoms with Crippen LogP contribution in [0.5, 0.6) is 0 Å². The maximum atomic E-state index is 13.3. The Kier molecular flexibility index (Phi) is 5.03. The molecule has 0 saturated heterocycles. The Balaban J connectivity index is 2.79. The molecule has 0 aliphatic carbocycles. The first-order valence-corrected chi connectivity index (χ1v) is 5.25. The number of halogens is 5. The largest absolute Gasteiger partial charge is 0.401 e. The number of benzene rings is 1. The SMILES string of the molecule is NCCN(Cc1cc(F)ccc1F)CC(F)(F)F. The van der Waals surface area contributed by atoms with Crippen LogP contribution in [0.15, 0.2) is 18.2 Å². The number of hydrogen-bond donors (Lipinski definition) is 1. The molecule has 0 radical (unpaired) electrons. The average Bonchev–Trinajstić information content (AvgIpc) is 2.21. The lowest BCUT2D eigenvalue weighted by atomic mass is 10.2. The van der Waals surface area contributed by atoms with Gasteiger partial charge in [0.15, 0.2) is 0 Å². The van der Waals surface area contributed by atoms with Gasteiger partial charge in [-0.1, -0.05) is 0 Å². The minimum Gasteiger partial charge on any atom is -0.329 e. The van der Waals surface area contributed by atoms with Gasteiger partial charge in [0.2, 0.25) is 0 Å². The van der Waals surface area contributed by atoms with Crippen molar-refractivity contribution >= 4 is 0 Å². The summed E-state index contributed by atoms with van der Waals surface area (Å²) in [6.07, 6.45) is -4.40. The Bertz CT molecular complexity index is 392. The second-order valence-electron chi connectivity index (χ2n) is 3.85. The minimum absolute atomic E-state index is 0.00696. The van der Waals surface area contributed by atoms with Gasteiger partial charge >= 0.3 is 6.18 Å². The summed E-state index contributed by atoms with van der Waals surface area (Å²) >= 11 is 0. The number of nitrogens with two attached hydrogens (primary N) is 1. The van der Waals surface area contributed by atoms with Crippen molar-refractivity contribution in [1.29, 1.82) is 0 Å². The maximum absolute atomic E-state index is 13.3. The second kappa shape index (κ2) is 6.10. The monoisotopic (exact) mass is 268 g/mol. The highest BCUT2D eigenvalue weighted by molar-refractivity contribution is 5.18. The minimum atomic E-state index is -4.40. The molecular formula is C11H13F5N2. The van der Waals surface area contributed by atoms with E-state index in [1.165, 1.54) is 0 Å². The van der Waals surface area contributed by atoms with Crippen molar-refractivity contribution in [3.05, 3.63) is 35.4 Å². The van der Waals surface area contributed by atoms with E-state index in [0.29, 0.717) is 0 Å². The second-order valence-corrected chi connectivity index (χ2v) is 3.85. The summed E-state index contributed by atoms with van der Waals surface area (Å²) in [6.45, 7) is -1.58. The molecule has 0 bridgehead atoms. The van der Waals surface area contributed by atoms with Gasteiger partial charge in [-0.2, -0.15) is 13.2 Å². The van der Waals surface area contributed by atoms with Crippen molar-refractivity contribution in [2.24, 2.45) is 5.73 Å². The van der Waals surface area contributed by atoms with Crippen molar-refractivity contribution in [1.82, 2.24) is 4.90 Å². The van der Waals surface area contributed by atoms with E-state index in [0.717, 1.165) is 23.1 Å².